The molecule has 0 aliphatic heterocycles. The van der Waals surface area contributed by atoms with Crippen LogP contribution in [0.3, 0.4) is 0 Å². The van der Waals surface area contributed by atoms with E-state index in [2.05, 4.69) is 32.0 Å². The van der Waals surface area contributed by atoms with Gasteiger partial charge >= 0.3 is 0 Å². The van der Waals surface area contributed by atoms with E-state index in [1.807, 2.05) is 0 Å². The highest BCUT2D eigenvalue weighted by Crippen LogP contribution is 2.30. The van der Waals surface area contributed by atoms with Crippen molar-refractivity contribution >= 4 is 17.3 Å². The van der Waals surface area contributed by atoms with Gasteiger partial charge in [-0.1, -0.05) is 48.0 Å². The third kappa shape index (κ3) is 2.90. The number of hydrogen-bond donors (Lipinski definition) is 1. The molecule has 0 amide bonds. The molecule has 1 aliphatic carbocycles. The number of ketones is 2. The molecule has 122 valence electrons. The molecule has 1 aliphatic rings. The van der Waals surface area contributed by atoms with Gasteiger partial charge in [0.15, 0.2) is 0 Å². The Morgan fingerprint density at radius 2 is 1.58 bits per heavy atom. The second kappa shape index (κ2) is 6.44. The lowest BCUT2D eigenvalue weighted by atomic mass is 9.86. The van der Waals surface area contributed by atoms with Crippen LogP contribution >= 0.6 is 0 Å². The van der Waals surface area contributed by atoms with Gasteiger partial charge in [0, 0.05) is 16.7 Å². The van der Waals surface area contributed by atoms with Crippen LogP contribution in [-0.2, 0) is 11.2 Å². The maximum absolute atomic E-state index is 12.3. The number of benzene rings is 2. The molecule has 0 unspecified atom stereocenters. The smallest absolute Gasteiger partial charge is 0.234 e. The summed E-state index contributed by atoms with van der Waals surface area (Å²) in [5.41, 5.74) is 4.65. The highest BCUT2D eigenvalue weighted by molar-refractivity contribution is 6.52. The molecular weight excluding hydrogens is 300 g/mol. The fourth-order valence-electron chi connectivity index (χ4n) is 3.17. The van der Waals surface area contributed by atoms with Gasteiger partial charge in [0.1, 0.15) is 5.76 Å². The van der Waals surface area contributed by atoms with E-state index in [4.69, 9.17) is 0 Å². The van der Waals surface area contributed by atoms with Gasteiger partial charge in [-0.15, -0.1) is 0 Å². The molecule has 0 atom stereocenters. The summed E-state index contributed by atoms with van der Waals surface area (Å²) >= 11 is 0. The molecule has 2 aromatic carbocycles. The zero-order valence-corrected chi connectivity index (χ0v) is 13.9. The number of aliphatic hydroxyl groups excluding tert-OH is 1. The number of Topliss-reactive ketones (excluding diaryl/α,β-unsaturated/α-hetero) is 2. The van der Waals surface area contributed by atoms with Gasteiger partial charge in [0.05, 0.1) is 0 Å². The molecule has 3 heteroatoms. The topological polar surface area (TPSA) is 54.4 Å². The van der Waals surface area contributed by atoms with Crippen LogP contribution in [0.2, 0.25) is 0 Å². The van der Waals surface area contributed by atoms with E-state index in [1.54, 1.807) is 24.3 Å². The second-order valence-corrected chi connectivity index (χ2v) is 6.31. The lowest BCUT2D eigenvalue weighted by molar-refractivity contribution is -0.112. The monoisotopic (exact) mass is 320 g/mol. The van der Waals surface area contributed by atoms with Crippen LogP contribution in [-0.4, -0.2) is 16.7 Å². The van der Waals surface area contributed by atoms with Crippen molar-refractivity contribution in [2.45, 2.75) is 33.1 Å². The van der Waals surface area contributed by atoms with Crippen LogP contribution in [0.25, 0.3) is 5.76 Å². The van der Waals surface area contributed by atoms with E-state index >= 15 is 0 Å². The summed E-state index contributed by atoms with van der Waals surface area (Å²) in [6.45, 7) is 4.12. The molecule has 0 bridgehead atoms. The number of carbonyl (C=O) groups excluding carboxylic acids is 2. The molecule has 0 radical (unpaired) electrons. The number of hydrogen-bond acceptors (Lipinski definition) is 3. The summed E-state index contributed by atoms with van der Waals surface area (Å²) in [5.74, 6) is -1.14. The number of fused-ring (bicyclic) bond motifs is 1. The first kappa shape index (κ1) is 16.2. The Kier molecular flexibility index (Phi) is 4.34. The standard InChI is InChI=1S/C21H20O3/c1-13-10-11-14(2)15(12-13)6-5-9-18-19(22)16-7-3-4-8-17(16)20(23)21(18)24/h3-4,7-8,10-12,22H,5-6,9H2,1-2H3. The highest BCUT2D eigenvalue weighted by atomic mass is 16.3. The van der Waals surface area contributed by atoms with Crippen LogP contribution < -0.4 is 0 Å². The molecule has 0 fully saturated rings. The van der Waals surface area contributed by atoms with E-state index in [9.17, 15) is 14.7 Å². The fraction of sp³-hybridized carbons (Fsp3) is 0.238. The first-order chi connectivity index (χ1) is 11.5. The van der Waals surface area contributed by atoms with Crippen LogP contribution in [0.5, 0.6) is 0 Å². The normalized spacial score (nSPS) is 14.1. The molecule has 0 aromatic heterocycles. The van der Waals surface area contributed by atoms with Crippen molar-refractivity contribution in [1.29, 1.82) is 0 Å². The van der Waals surface area contributed by atoms with Gasteiger partial charge in [0.2, 0.25) is 11.6 Å². The number of carbonyl (C=O) groups is 2. The van der Waals surface area contributed by atoms with Gasteiger partial charge < -0.3 is 5.11 Å². The Hall–Kier alpha value is -2.68. The Labute approximate surface area is 141 Å². The zero-order valence-electron chi connectivity index (χ0n) is 13.9. The Morgan fingerprint density at radius 3 is 2.33 bits per heavy atom. The summed E-state index contributed by atoms with van der Waals surface area (Å²) in [5, 5.41) is 10.4. The Morgan fingerprint density at radius 1 is 0.875 bits per heavy atom. The van der Waals surface area contributed by atoms with Gasteiger partial charge in [-0.25, -0.2) is 0 Å². The molecule has 3 nitrogen and oxygen atoms in total. The molecule has 0 saturated heterocycles. The van der Waals surface area contributed by atoms with E-state index in [0.717, 1.165) is 6.42 Å². The third-order valence-electron chi connectivity index (χ3n) is 4.57. The third-order valence-corrected chi connectivity index (χ3v) is 4.57. The fourth-order valence-corrected chi connectivity index (χ4v) is 3.17. The van der Waals surface area contributed by atoms with Crippen LogP contribution in [0, 0.1) is 13.8 Å². The van der Waals surface area contributed by atoms with E-state index in [-0.39, 0.29) is 11.3 Å². The predicted octanol–water partition coefficient (Wildman–Crippen LogP) is 4.36. The lowest BCUT2D eigenvalue weighted by Crippen LogP contribution is -2.24. The summed E-state index contributed by atoms with van der Waals surface area (Å²) in [4.78, 5) is 24.5. The van der Waals surface area contributed by atoms with E-state index < -0.39 is 11.6 Å². The molecule has 0 spiro atoms. The van der Waals surface area contributed by atoms with Crippen LogP contribution in [0.1, 0.15) is 45.5 Å². The minimum absolute atomic E-state index is 0.0452. The summed E-state index contributed by atoms with van der Waals surface area (Å²) in [7, 11) is 0. The maximum Gasteiger partial charge on any atom is 0.234 e. The molecule has 3 rings (SSSR count). The zero-order chi connectivity index (χ0) is 17.3. The number of aryl methyl sites for hydroxylation is 3. The minimum atomic E-state index is -0.577. The van der Waals surface area contributed by atoms with Crippen molar-refractivity contribution < 1.29 is 14.7 Å². The van der Waals surface area contributed by atoms with Gasteiger partial charge in [0.25, 0.3) is 0 Å². The second-order valence-electron chi connectivity index (χ2n) is 6.31. The van der Waals surface area contributed by atoms with Gasteiger partial charge in [-0.05, 0) is 44.2 Å². The molecule has 0 heterocycles. The molecule has 24 heavy (non-hydrogen) atoms. The van der Waals surface area contributed by atoms with Crippen molar-refractivity contribution in [3.8, 4) is 0 Å². The van der Waals surface area contributed by atoms with Gasteiger partial charge in [-0.3, -0.25) is 9.59 Å². The van der Waals surface area contributed by atoms with Crippen LogP contribution in [0.4, 0.5) is 0 Å². The summed E-state index contributed by atoms with van der Waals surface area (Å²) in [6.07, 6.45) is 1.93. The lowest BCUT2D eigenvalue weighted by Gasteiger charge is -2.17. The van der Waals surface area contributed by atoms with Crippen molar-refractivity contribution in [1.82, 2.24) is 0 Å². The molecule has 1 N–H and O–H groups in total. The molecular formula is C21H20O3. The average Bonchev–Trinajstić information content (AvgIpc) is 2.59. The maximum atomic E-state index is 12.3. The quantitative estimate of drug-likeness (QED) is 0.852. The minimum Gasteiger partial charge on any atom is -0.507 e. The predicted molar refractivity (Wildman–Crippen MR) is 94.2 cm³/mol. The largest absolute Gasteiger partial charge is 0.507 e. The SMILES string of the molecule is Cc1ccc(C)c(CCCC2=C(O)c3ccccc3C(=O)C2=O)c1. The summed E-state index contributed by atoms with van der Waals surface area (Å²) in [6, 6.07) is 13.0. The van der Waals surface area contributed by atoms with Gasteiger partial charge in [-0.2, -0.15) is 0 Å². The molecule has 2 aromatic rings. The Balaban J connectivity index is 1.81. The first-order valence-corrected chi connectivity index (χ1v) is 8.15. The van der Waals surface area contributed by atoms with E-state index in [1.165, 1.54) is 16.7 Å². The molecule has 0 saturated carbocycles. The number of allylic oxidation sites excluding steroid dienone is 1. The Bertz CT molecular complexity index is 859. The average molecular weight is 320 g/mol. The number of rotatable bonds is 4. The summed E-state index contributed by atoms with van der Waals surface area (Å²) < 4.78 is 0. The van der Waals surface area contributed by atoms with Crippen molar-refractivity contribution in [2.24, 2.45) is 0 Å². The van der Waals surface area contributed by atoms with Crippen molar-refractivity contribution in [2.75, 3.05) is 0 Å². The number of aliphatic hydroxyl groups is 1. The van der Waals surface area contributed by atoms with Crippen molar-refractivity contribution in [3.05, 3.63) is 75.9 Å². The van der Waals surface area contributed by atoms with E-state index in [0.29, 0.717) is 24.0 Å². The first-order valence-electron chi connectivity index (χ1n) is 8.15. The van der Waals surface area contributed by atoms with Crippen LogP contribution in [0.15, 0.2) is 48.0 Å². The van der Waals surface area contributed by atoms with Crippen molar-refractivity contribution in [3.63, 3.8) is 0 Å². The highest BCUT2D eigenvalue weighted by Gasteiger charge is 2.31.